The maximum atomic E-state index is 3.87. The Morgan fingerprint density at radius 3 is 2.50 bits per heavy atom. The van der Waals surface area contributed by atoms with E-state index in [1.807, 2.05) is 0 Å². The van der Waals surface area contributed by atoms with E-state index in [1.165, 1.54) is 6.42 Å². The zero-order chi connectivity index (χ0) is 9.07. The number of nitrogens with one attached hydrogen (secondary N) is 1. The van der Waals surface area contributed by atoms with Crippen molar-refractivity contribution in [2.24, 2.45) is 0 Å². The maximum Gasteiger partial charge on any atom is 0.0487 e. The molecule has 0 unspecified atom stereocenters. The number of nitrogens with zero attached hydrogens (tertiary/aromatic N) is 2. The lowest BCUT2D eigenvalue weighted by molar-refractivity contribution is 1.05. The number of hydrogen-bond donors (Lipinski definition) is 1. The second-order valence-corrected chi connectivity index (χ2v) is 2.11. The first-order chi connectivity index (χ1) is 5.91. The van der Waals surface area contributed by atoms with Gasteiger partial charge in [-0.05, 0) is 12.1 Å². The molecule has 0 aliphatic rings. The zero-order valence-corrected chi connectivity index (χ0v) is 7.57. The number of hydrogen-bond acceptors (Lipinski definition) is 2. The molecule has 0 radical (unpaired) electrons. The predicted molar refractivity (Wildman–Crippen MR) is 50.0 cm³/mol. The van der Waals surface area contributed by atoms with Crippen molar-refractivity contribution in [3.05, 3.63) is 36.9 Å². The molecule has 1 rings (SSSR count). The molecule has 0 bridgehead atoms. The van der Waals surface area contributed by atoms with Crippen LogP contribution in [0.1, 0.15) is 20.3 Å². The fourth-order valence-electron chi connectivity index (χ4n) is 0.403. The molecule has 0 aliphatic heterocycles. The molecule has 1 aromatic heterocycles. The van der Waals surface area contributed by atoms with Gasteiger partial charge < -0.3 is 0 Å². The Bertz CT molecular complexity index is 144. The van der Waals surface area contributed by atoms with Gasteiger partial charge in [-0.25, -0.2) is 0 Å². The molecule has 0 atom stereocenters. The zero-order valence-electron chi connectivity index (χ0n) is 7.57. The lowest BCUT2D eigenvalue weighted by Crippen LogP contribution is -1.64. The van der Waals surface area contributed by atoms with Crippen molar-refractivity contribution in [2.75, 3.05) is 0 Å². The van der Waals surface area contributed by atoms with Crippen molar-refractivity contribution < 1.29 is 0 Å². The van der Waals surface area contributed by atoms with Gasteiger partial charge in [0.05, 0.1) is 0 Å². The molecular formula is C9H15N3. The molecule has 0 saturated heterocycles. The van der Waals surface area contributed by atoms with E-state index in [4.69, 9.17) is 0 Å². The van der Waals surface area contributed by atoms with E-state index in [-0.39, 0.29) is 0 Å². The Morgan fingerprint density at radius 2 is 1.75 bits per heavy atom. The summed E-state index contributed by atoms with van der Waals surface area (Å²) in [5, 5.41) is 6.44. The van der Waals surface area contributed by atoms with Crippen molar-refractivity contribution >= 4 is 0 Å². The molecule has 1 aromatic rings. The van der Waals surface area contributed by atoms with Crippen LogP contribution in [-0.4, -0.2) is 15.2 Å². The van der Waals surface area contributed by atoms with Gasteiger partial charge in [-0.2, -0.15) is 5.10 Å². The van der Waals surface area contributed by atoms with Gasteiger partial charge in [0.2, 0.25) is 0 Å². The Hall–Kier alpha value is -1.38. The highest BCUT2D eigenvalue weighted by atomic mass is 15.1. The molecule has 12 heavy (non-hydrogen) atoms. The molecule has 0 amide bonds. The van der Waals surface area contributed by atoms with Gasteiger partial charge in [0.1, 0.15) is 0 Å². The quantitative estimate of drug-likeness (QED) is 0.641. The van der Waals surface area contributed by atoms with E-state index in [0.29, 0.717) is 0 Å². The molecule has 1 heterocycles. The highest BCUT2D eigenvalue weighted by Gasteiger charge is 1.58. The topological polar surface area (TPSA) is 41.6 Å². The third-order valence-electron chi connectivity index (χ3n) is 0.750. The molecular weight excluding hydrogens is 150 g/mol. The number of aromatic nitrogens is 3. The average molecular weight is 165 g/mol. The first kappa shape index (κ1) is 10.6. The van der Waals surface area contributed by atoms with Gasteiger partial charge >= 0.3 is 0 Å². The first-order valence-electron chi connectivity index (χ1n) is 4.03. The van der Waals surface area contributed by atoms with Crippen LogP contribution in [0.15, 0.2) is 36.9 Å². The van der Waals surface area contributed by atoms with Crippen LogP contribution >= 0.6 is 0 Å². The second-order valence-electron chi connectivity index (χ2n) is 2.11. The minimum atomic E-state index is 1.25. The van der Waals surface area contributed by atoms with Gasteiger partial charge in [0.15, 0.2) is 0 Å². The number of aromatic amines is 1. The van der Waals surface area contributed by atoms with Crippen LogP contribution in [0.3, 0.4) is 0 Å². The Kier molecular flexibility index (Phi) is 8.51. The van der Waals surface area contributed by atoms with Crippen LogP contribution in [0.5, 0.6) is 0 Å². The SMILES string of the molecule is CCC.c1cnccc[nH]nc1. The summed E-state index contributed by atoms with van der Waals surface area (Å²) in [6, 6.07) is 3.52. The number of rotatable bonds is 0. The Balaban J connectivity index is 0.000000354. The largest absolute Gasteiger partial charge is 0.286 e. The minimum absolute atomic E-state index is 1.25. The summed E-state index contributed by atoms with van der Waals surface area (Å²) in [6.07, 6.45) is 7.93. The van der Waals surface area contributed by atoms with Crippen LogP contribution in [0.4, 0.5) is 0 Å². The van der Waals surface area contributed by atoms with E-state index >= 15 is 0 Å². The van der Waals surface area contributed by atoms with Crippen LogP contribution < -0.4 is 0 Å². The molecule has 0 aromatic carbocycles. The molecule has 3 heteroatoms. The van der Waals surface area contributed by atoms with E-state index < -0.39 is 0 Å². The fraction of sp³-hybridized carbons (Fsp3) is 0.333. The summed E-state index contributed by atoms with van der Waals surface area (Å²) >= 11 is 0. The van der Waals surface area contributed by atoms with Crippen molar-refractivity contribution in [3.8, 4) is 0 Å². The van der Waals surface area contributed by atoms with Crippen molar-refractivity contribution in [3.63, 3.8) is 0 Å². The Labute approximate surface area is 73.2 Å². The monoisotopic (exact) mass is 165 g/mol. The molecule has 3 nitrogen and oxygen atoms in total. The molecule has 66 valence electrons. The summed E-state index contributed by atoms with van der Waals surface area (Å²) in [6.45, 7) is 4.25. The standard InChI is InChI=1S/C6H7N3.C3H8/c1-3-7-4-2-6-9-8-5-1;1-3-2/h1-6,8H;3H2,1-2H3. The van der Waals surface area contributed by atoms with Gasteiger partial charge in [0.25, 0.3) is 0 Å². The van der Waals surface area contributed by atoms with Crippen molar-refractivity contribution in [1.29, 1.82) is 0 Å². The molecule has 0 aliphatic carbocycles. The summed E-state index contributed by atoms with van der Waals surface area (Å²) in [5.74, 6) is 0. The second kappa shape index (κ2) is 9.62. The Morgan fingerprint density at radius 1 is 1.08 bits per heavy atom. The molecule has 0 spiro atoms. The molecule has 0 fully saturated rings. The smallest absolute Gasteiger partial charge is 0.0487 e. The van der Waals surface area contributed by atoms with Gasteiger partial charge in [-0.15, -0.1) is 0 Å². The highest BCUT2D eigenvalue weighted by Crippen LogP contribution is 1.67. The first-order valence-corrected chi connectivity index (χ1v) is 4.03. The predicted octanol–water partition coefficient (Wildman–Crippen LogP) is 2.35. The van der Waals surface area contributed by atoms with Gasteiger partial charge in [-0.3, -0.25) is 10.1 Å². The van der Waals surface area contributed by atoms with Crippen molar-refractivity contribution in [1.82, 2.24) is 15.2 Å². The third kappa shape index (κ3) is 8.62. The minimum Gasteiger partial charge on any atom is -0.286 e. The molecule has 1 N–H and O–H groups in total. The van der Waals surface area contributed by atoms with E-state index in [0.717, 1.165) is 0 Å². The lowest BCUT2D eigenvalue weighted by atomic mass is 10.6. The third-order valence-corrected chi connectivity index (χ3v) is 0.750. The summed E-state index contributed by atoms with van der Waals surface area (Å²) in [5.41, 5.74) is 0. The maximum absolute atomic E-state index is 3.87. The average Bonchev–Trinajstić information content (AvgIpc) is 2.19. The highest BCUT2D eigenvalue weighted by molar-refractivity contribution is 4.76. The van der Waals surface area contributed by atoms with Crippen LogP contribution in [0.25, 0.3) is 0 Å². The summed E-state index contributed by atoms with van der Waals surface area (Å²) in [7, 11) is 0. The fourth-order valence-corrected chi connectivity index (χ4v) is 0.403. The van der Waals surface area contributed by atoms with Gasteiger partial charge in [-0.1, -0.05) is 20.3 Å². The van der Waals surface area contributed by atoms with E-state index in [1.54, 1.807) is 36.9 Å². The number of H-pyrrole nitrogens is 1. The van der Waals surface area contributed by atoms with Crippen LogP contribution in [0, 0.1) is 0 Å². The van der Waals surface area contributed by atoms with Crippen molar-refractivity contribution in [2.45, 2.75) is 20.3 Å². The molecule has 0 saturated carbocycles. The van der Waals surface area contributed by atoms with E-state index in [2.05, 4.69) is 29.0 Å². The summed E-state index contributed by atoms with van der Waals surface area (Å²) in [4.78, 5) is 3.87. The van der Waals surface area contributed by atoms with Crippen LogP contribution in [0.2, 0.25) is 0 Å². The van der Waals surface area contributed by atoms with Crippen LogP contribution in [-0.2, 0) is 0 Å². The lowest BCUT2D eigenvalue weighted by Gasteiger charge is -1.64. The summed E-state index contributed by atoms with van der Waals surface area (Å²) < 4.78 is 0. The normalized spacial score (nSPS) is 7.50. The van der Waals surface area contributed by atoms with E-state index in [9.17, 15) is 0 Å². The van der Waals surface area contributed by atoms with Gasteiger partial charge in [0, 0.05) is 24.8 Å².